The van der Waals surface area contributed by atoms with E-state index in [1.54, 1.807) is 12.7 Å². The van der Waals surface area contributed by atoms with Gasteiger partial charge in [-0.1, -0.05) is 56.9 Å². The monoisotopic (exact) mass is 530 g/mol. The standard InChI is InChI=1S/C35H50N2O2/c1-26(2)20-29-10-11-32(35(21-29)38-4)25-39-33-14-15-34-27(3)31(13-12-30(34)22-33)24-37-18-16-36(17-19-37)23-28-8-6-5-7-9-28/h10-11,14-15,21-22,26,28H,5-9,12-13,16-20,23-25H2,1-4H3. The summed E-state index contributed by atoms with van der Waals surface area (Å²) in [5.74, 6) is 3.46. The second kappa shape index (κ2) is 13.4. The van der Waals surface area contributed by atoms with E-state index >= 15 is 0 Å². The molecule has 1 aliphatic heterocycles. The molecule has 0 amide bonds. The molecular formula is C35H50N2O2. The van der Waals surface area contributed by atoms with Crippen molar-refractivity contribution in [2.45, 2.75) is 78.7 Å². The predicted molar refractivity (Wildman–Crippen MR) is 163 cm³/mol. The molecule has 2 fully saturated rings. The molecule has 212 valence electrons. The van der Waals surface area contributed by atoms with Crippen LogP contribution in [0.1, 0.15) is 81.5 Å². The fourth-order valence-corrected chi connectivity index (χ4v) is 6.90. The first-order valence-electron chi connectivity index (χ1n) is 15.5. The van der Waals surface area contributed by atoms with E-state index in [4.69, 9.17) is 9.47 Å². The van der Waals surface area contributed by atoms with Crippen molar-refractivity contribution in [1.82, 2.24) is 9.80 Å². The molecule has 0 atom stereocenters. The molecule has 0 unspecified atom stereocenters. The van der Waals surface area contributed by atoms with Gasteiger partial charge in [-0.15, -0.1) is 0 Å². The Balaban J connectivity index is 1.15. The highest BCUT2D eigenvalue weighted by Crippen LogP contribution is 2.34. The van der Waals surface area contributed by atoms with Gasteiger partial charge in [0.1, 0.15) is 18.1 Å². The molecule has 39 heavy (non-hydrogen) atoms. The van der Waals surface area contributed by atoms with Gasteiger partial charge in [0.2, 0.25) is 0 Å². The van der Waals surface area contributed by atoms with Gasteiger partial charge in [-0.2, -0.15) is 0 Å². The van der Waals surface area contributed by atoms with Crippen LogP contribution in [0.3, 0.4) is 0 Å². The van der Waals surface area contributed by atoms with Gasteiger partial charge in [0.25, 0.3) is 0 Å². The van der Waals surface area contributed by atoms with Crippen LogP contribution in [0.5, 0.6) is 11.5 Å². The van der Waals surface area contributed by atoms with Crippen molar-refractivity contribution in [2.75, 3.05) is 46.4 Å². The first-order chi connectivity index (χ1) is 19.0. The van der Waals surface area contributed by atoms with Crippen LogP contribution < -0.4 is 9.47 Å². The van der Waals surface area contributed by atoms with Crippen molar-refractivity contribution in [3.63, 3.8) is 0 Å². The summed E-state index contributed by atoms with van der Waals surface area (Å²) in [7, 11) is 1.75. The number of allylic oxidation sites excluding steroid dienone is 1. The highest BCUT2D eigenvalue weighted by Gasteiger charge is 2.24. The van der Waals surface area contributed by atoms with Gasteiger partial charge in [-0.25, -0.2) is 0 Å². The number of aryl methyl sites for hydroxylation is 1. The van der Waals surface area contributed by atoms with Crippen LogP contribution in [0.4, 0.5) is 0 Å². The average Bonchev–Trinajstić information content (AvgIpc) is 2.95. The lowest BCUT2D eigenvalue weighted by molar-refractivity contribution is 0.115. The van der Waals surface area contributed by atoms with Crippen molar-refractivity contribution in [3.8, 4) is 11.5 Å². The maximum Gasteiger partial charge on any atom is 0.125 e. The van der Waals surface area contributed by atoms with Crippen molar-refractivity contribution in [1.29, 1.82) is 0 Å². The second-order valence-electron chi connectivity index (χ2n) is 12.7. The van der Waals surface area contributed by atoms with Crippen molar-refractivity contribution in [3.05, 3.63) is 64.2 Å². The van der Waals surface area contributed by atoms with Crippen LogP contribution in [0.15, 0.2) is 42.0 Å². The molecule has 0 N–H and O–H groups in total. The third-order valence-corrected chi connectivity index (χ3v) is 9.22. The van der Waals surface area contributed by atoms with Crippen LogP contribution in [-0.2, 0) is 19.4 Å². The van der Waals surface area contributed by atoms with Crippen LogP contribution in [0.2, 0.25) is 0 Å². The molecule has 0 spiro atoms. The maximum atomic E-state index is 6.26. The normalized spacial score (nSPS) is 19.4. The summed E-state index contributed by atoms with van der Waals surface area (Å²) in [6.45, 7) is 14.7. The Morgan fingerprint density at radius 1 is 0.897 bits per heavy atom. The Kier molecular flexibility index (Phi) is 9.68. The number of ether oxygens (including phenoxy) is 2. The van der Waals surface area contributed by atoms with Gasteiger partial charge in [0.05, 0.1) is 7.11 Å². The molecule has 0 bridgehead atoms. The van der Waals surface area contributed by atoms with E-state index in [1.807, 2.05) is 0 Å². The van der Waals surface area contributed by atoms with Gasteiger partial charge in [-0.3, -0.25) is 4.90 Å². The smallest absolute Gasteiger partial charge is 0.125 e. The largest absolute Gasteiger partial charge is 0.496 e. The lowest BCUT2D eigenvalue weighted by Gasteiger charge is -2.38. The number of fused-ring (bicyclic) bond motifs is 1. The molecule has 2 aliphatic carbocycles. The zero-order valence-electron chi connectivity index (χ0n) is 24.9. The molecular weight excluding hydrogens is 480 g/mol. The third kappa shape index (κ3) is 7.46. The van der Waals surface area contributed by atoms with E-state index in [-0.39, 0.29) is 0 Å². The van der Waals surface area contributed by atoms with Crippen LogP contribution in [0, 0.1) is 11.8 Å². The zero-order chi connectivity index (χ0) is 27.2. The lowest BCUT2D eigenvalue weighted by Crippen LogP contribution is -2.48. The Morgan fingerprint density at radius 3 is 2.41 bits per heavy atom. The minimum atomic E-state index is 0.525. The lowest BCUT2D eigenvalue weighted by atomic mass is 9.86. The summed E-state index contributed by atoms with van der Waals surface area (Å²) >= 11 is 0. The van der Waals surface area contributed by atoms with Crippen molar-refractivity contribution in [2.24, 2.45) is 11.8 Å². The third-order valence-electron chi connectivity index (χ3n) is 9.22. The van der Waals surface area contributed by atoms with Crippen LogP contribution in [0.25, 0.3) is 5.57 Å². The molecule has 4 heteroatoms. The molecule has 0 radical (unpaired) electrons. The average molecular weight is 531 g/mol. The van der Waals surface area contributed by atoms with Crippen LogP contribution in [-0.4, -0.2) is 56.2 Å². The number of hydrogen-bond acceptors (Lipinski definition) is 4. The summed E-state index contributed by atoms with van der Waals surface area (Å²) < 4.78 is 11.9. The number of benzene rings is 2. The van der Waals surface area contributed by atoms with Crippen molar-refractivity contribution >= 4 is 5.57 Å². The Labute approximate surface area is 237 Å². The summed E-state index contributed by atoms with van der Waals surface area (Å²) in [4.78, 5) is 5.43. The quantitative estimate of drug-likeness (QED) is 0.320. The van der Waals surface area contributed by atoms with Crippen molar-refractivity contribution < 1.29 is 9.47 Å². The molecule has 2 aromatic carbocycles. The first kappa shape index (κ1) is 28.2. The number of nitrogens with zero attached hydrogens (tertiary/aromatic N) is 2. The summed E-state index contributed by atoms with van der Waals surface area (Å²) in [6, 6.07) is 13.2. The molecule has 1 heterocycles. The van der Waals surface area contributed by atoms with Gasteiger partial charge in [0.15, 0.2) is 0 Å². The Morgan fingerprint density at radius 2 is 1.67 bits per heavy atom. The zero-order valence-corrected chi connectivity index (χ0v) is 24.9. The topological polar surface area (TPSA) is 24.9 Å². The Bertz CT molecular complexity index is 1120. The number of piperazine rings is 1. The summed E-state index contributed by atoms with van der Waals surface area (Å²) in [5.41, 5.74) is 8.36. The number of rotatable bonds is 10. The number of hydrogen-bond donors (Lipinski definition) is 0. The van der Waals surface area contributed by atoms with E-state index < -0.39 is 0 Å². The Hall–Kier alpha value is -2.30. The maximum absolute atomic E-state index is 6.26. The highest BCUT2D eigenvalue weighted by molar-refractivity contribution is 5.72. The van der Waals surface area contributed by atoms with Crippen LogP contribution >= 0.6 is 0 Å². The van der Waals surface area contributed by atoms with E-state index in [0.717, 1.165) is 48.8 Å². The molecule has 0 aromatic heterocycles. The van der Waals surface area contributed by atoms with Gasteiger partial charge in [0, 0.05) is 44.8 Å². The molecule has 5 rings (SSSR count). The van der Waals surface area contributed by atoms with Gasteiger partial charge >= 0.3 is 0 Å². The fraction of sp³-hybridized carbons (Fsp3) is 0.600. The minimum Gasteiger partial charge on any atom is -0.496 e. The predicted octanol–water partition coefficient (Wildman–Crippen LogP) is 7.39. The SMILES string of the molecule is COc1cc(CC(C)C)ccc1COc1ccc2c(c1)CCC(CN1CCN(CC3CCCCC3)CC1)=C2C. The van der Waals surface area contributed by atoms with Gasteiger partial charge < -0.3 is 14.4 Å². The fourth-order valence-electron chi connectivity index (χ4n) is 6.90. The van der Waals surface area contributed by atoms with Gasteiger partial charge in [-0.05, 0) is 91.3 Å². The summed E-state index contributed by atoms with van der Waals surface area (Å²) in [6.07, 6.45) is 10.6. The van der Waals surface area contributed by atoms with E-state index in [0.29, 0.717) is 12.5 Å². The molecule has 3 aliphatic rings. The minimum absolute atomic E-state index is 0.525. The number of methoxy groups -OCH3 is 1. The first-order valence-corrected chi connectivity index (χ1v) is 15.5. The molecule has 4 nitrogen and oxygen atoms in total. The molecule has 1 saturated carbocycles. The van der Waals surface area contributed by atoms with E-state index in [2.05, 4.69) is 67.0 Å². The highest BCUT2D eigenvalue weighted by atomic mass is 16.5. The second-order valence-corrected chi connectivity index (χ2v) is 12.7. The van der Waals surface area contributed by atoms with E-state index in [1.165, 1.54) is 87.1 Å². The summed E-state index contributed by atoms with van der Waals surface area (Å²) in [5, 5.41) is 0. The molecule has 1 saturated heterocycles. The molecule has 2 aromatic rings. The van der Waals surface area contributed by atoms with E-state index in [9.17, 15) is 0 Å².